The smallest absolute Gasteiger partial charge is 0.159 e. The minimum atomic E-state index is 0.105. The standard InChI is InChI=1S/C14H18ClN5S/c1-4-5-10-12-14(19(3)18-10)20(11(8-15)17-12)9(2)13-16-6-7-21-13/h6-7,9H,4-5,8H2,1-3H3. The summed E-state index contributed by atoms with van der Waals surface area (Å²) in [7, 11) is 1.96. The van der Waals surface area contributed by atoms with E-state index in [2.05, 4.69) is 28.5 Å². The average Bonchev–Trinajstić information content (AvgIpc) is 3.17. The van der Waals surface area contributed by atoms with Crippen LogP contribution in [0.4, 0.5) is 0 Å². The van der Waals surface area contributed by atoms with Gasteiger partial charge in [0.15, 0.2) is 5.65 Å². The molecule has 0 radical (unpaired) electrons. The van der Waals surface area contributed by atoms with Crippen LogP contribution in [0, 0.1) is 0 Å². The van der Waals surface area contributed by atoms with Crippen molar-refractivity contribution in [1.29, 1.82) is 0 Å². The highest BCUT2D eigenvalue weighted by Crippen LogP contribution is 2.29. The molecule has 0 aromatic carbocycles. The molecule has 0 amide bonds. The van der Waals surface area contributed by atoms with Crippen LogP contribution in [0.1, 0.15) is 42.8 Å². The first-order chi connectivity index (χ1) is 10.2. The number of aryl methyl sites for hydroxylation is 2. The molecular formula is C14H18ClN5S. The van der Waals surface area contributed by atoms with Gasteiger partial charge < -0.3 is 4.57 Å². The van der Waals surface area contributed by atoms with Crippen LogP contribution in [0.3, 0.4) is 0 Å². The van der Waals surface area contributed by atoms with E-state index in [9.17, 15) is 0 Å². The fourth-order valence-corrected chi connectivity index (χ4v) is 3.58. The van der Waals surface area contributed by atoms with Crippen molar-refractivity contribution < 1.29 is 0 Å². The Balaban J connectivity index is 2.20. The third-order valence-electron chi connectivity index (χ3n) is 3.61. The Morgan fingerprint density at radius 3 is 2.86 bits per heavy atom. The number of nitrogens with zero attached hydrogens (tertiary/aromatic N) is 5. The molecule has 21 heavy (non-hydrogen) atoms. The van der Waals surface area contributed by atoms with Gasteiger partial charge in [0.1, 0.15) is 16.3 Å². The SMILES string of the molecule is CCCc1nn(C)c2c1nc(CCl)n2C(C)c1nccs1. The molecule has 0 bridgehead atoms. The van der Waals surface area contributed by atoms with E-state index in [1.54, 1.807) is 11.3 Å². The summed E-state index contributed by atoms with van der Waals surface area (Å²) in [5, 5.41) is 7.66. The van der Waals surface area contributed by atoms with Gasteiger partial charge in [-0.2, -0.15) is 5.10 Å². The highest BCUT2D eigenvalue weighted by atomic mass is 35.5. The fourth-order valence-electron chi connectivity index (χ4n) is 2.71. The van der Waals surface area contributed by atoms with E-state index < -0.39 is 0 Å². The Labute approximate surface area is 132 Å². The third kappa shape index (κ3) is 2.36. The van der Waals surface area contributed by atoms with Crippen LogP contribution >= 0.6 is 22.9 Å². The van der Waals surface area contributed by atoms with E-state index in [0.717, 1.165) is 40.5 Å². The molecule has 5 nitrogen and oxygen atoms in total. The summed E-state index contributed by atoms with van der Waals surface area (Å²) >= 11 is 7.77. The van der Waals surface area contributed by atoms with Crippen molar-refractivity contribution >= 4 is 34.1 Å². The van der Waals surface area contributed by atoms with Gasteiger partial charge >= 0.3 is 0 Å². The minimum Gasteiger partial charge on any atom is -0.302 e. The summed E-state index contributed by atoms with van der Waals surface area (Å²) < 4.78 is 4.07. The molecule has 3 aromatic heterocycles. The lowest BCUT2D eigenvalue weighted by Gasteiger charge is -2.14. The molecule has 1 unspecified atom stereocenters. The number of halogens is 1. The Bertz CT molecular complexity index is 743. The van der Waals surface area contributed by atoms with Crippen molar-refractivity contribution in [2.75, 3.05) is 0 Å². The second-order valence-corrected chi connectivity index (χ2v) is 6.26. The number of fused-ring (bicyclic) bond motifs is 1. The predicted molar refractivity (Wildman–Crippen MR) is 86.0 cm³/mol. The van der Waals surface area contributed by atoms with Gasteiger partial charge in [0.25, 0.3) is 0 Å². The zero-order valence-corrected chi connectivity index (χ0v) is 13.9. The molecule has 0 saturated heterocycles. The highest BCUT2D eigenvalue weighted by molar-refractivity contribution is 7.09. The highest BCUT2D eigenvalue weighted by Gasteiger charge is 2.23. The molecule has 1 atom stereocenters. The Morgan fingerprint density at radius 2 is 2.24 bits per heavy atom. The van der Waals surface area contributed by atoms with Gasteiger partial charge in [-0.15, -0.1) is 22.9 Å². The monoisotopic (exact) mass is 323 g/mol. The Kier molecular flexibility index (Phi) is 3.99. The van der Waals surface area contributed by atoms with Crippen molar-refractivity contribution in [2.45, 2.75) is 38.6 Å². The summed E-state index contributed by atoms with van der Waals surface area (Å²) in [4.78, 5) is 9.15. The number of aromatic nitrogens is 5. The molecule has 3 heterocycles. The molecule has 0 saturated carbocycles. The lowest BCUT2D eigenvalue weighted by Crippen LogP contribution is -2.12. The number of rotatable bonds is 5. The summed E-state index contributed by atoms with van der Waals surface area (Å²) in [6, 6.07) is 0.105. The molecule has 0 spiro atoms. The Morgan fingerprint density at radius 1 is 1.43 bits per heavy atom. The van der Waals surface area contributed by atoms with Gasteiger partial charge in [0, 0.05) is 18.6 Å². The minimum absolute atomic E-state index is 0.105. The topological polar surface area (TPSA) is 48.5 Å². The van der Waals surface area contributed by atoms with Crippen molar-refractivity contribution in [2.24, 2.45) is 7.05 Å². The van der Waals surface area contributed by atoms with Gasteiger partial charge in [-0.25, -0.2) is 9.97 Å². The van der Waals surface area contributed by atoms with Crippen LogP contribution in [0.2, 0.25) is 0 Å². The van der Waals surface area contributed by atoms with Crippen LogP contribution < -0.4 is 0 Å². The maximum atomic E-state index is 6.12. The molecule has 3 aromatic rings. The summed E-state index contributed by atoms with van der Waals surface area (Å²) in [5.41, 5.74) is 3.04. The molecule has 0 aliphatic carbocycles. The number of alkyl halides is 1. The van der Waals surface area contributed by atoms with Crippen LogP contribution in [0.5, 0.6) is 0 Å². The molecule has 0 aliphatic heterocycles. The van der Waals surface area contributed by atoms with Crippen LogP contribution in [-0.2, 0) is 19.3 Å². The van der Waals surface area contributed by atoms with Crippen molar-refractivity contribution in [3.63, 3.8) is 0 Å². The van der Waals surface area contributed by atoms with Crippen LogP contribution in [0.25, 0.3) is 11.2 Å². The molecule has 112 valence electrons. The molecule has 3 rings (SSSR count). The maximum Gasteiger partial charge on any atom is 0.159 e. The summed E-state index contributed by atoms with van der Waals surface area (Å²) in [6.07, 6.45) is 3.82. The van der Waals surface area contributed by atoms with E-state index in [1.807, 2.05) is 23.3 Å². The van der Waals surface area contributed by atoms with Crippen molar-refractivity contribution in [3.05, 3.63) is 28.1 Å². The second-order valence-electron chi connectivity index (χ2n) is 5.07. The zero-order valence-electron chi connectivity index (χ0n) is 12.4. The van der Waals surface area contributed by atoms with Gasteiger partial charge in [0.2, 0.25) is 0 Å². The average molecular weight is 324 g/mol. The van der Waals surface area contributed by atoms with Gasteiger partial charge in [0.05, 0.1) is 17.6 Å². The molecule has 7 heteroatoms. The van der Waals surface area contributed by atoms with Gasteiger partial charge in [-0.3, -0.25) is 4.68 Å². The predicted octanol–water partition coefficient (Wildman–Crippen LogP) is 3.53. The van der Waals surface area contributed by atoms with Crippen LogP contribution in [0.15, 0.2) is 11.6 Å². The lowest BCUT2D eigenvalue weighted by atomic mass is 10.2. The Hall–Kier alpha value is -1.40. The molecule has 0 aliphatic rings. The molecule has 0 fully saturated rings. The molecular weight excluding hydrogens is 306 g/mol. The molecule has 0 N–H and O–H groups in total. The maximum absolute atomic E-state index is 6.12. The number of hydrogen-bond acceptors (Lipinski definition) is 4. The lowest BCUT2D eigenvalue weighted by molar-refractivity contribution is 0.603. The van der Waals surface area contributed by atoms with E-state index >= 15 is 0 Å². The van der Waals surface area contributed by atoms with E-state index in [4.69, 9.17) is 16.6 Å². The number of imidazole rings is 1. The first-order valence-electron chi connectivity index (χ1n) is 7.05. The summed E-state index contributed by atoms with van der Waals surface area (Å²) in [6.45, 7) is 4.28. The largest absolute Gasteiger partial charge is 0.302 e. The fraction of sp³-hybridized carbons (Fsp3) is 0.500. The quantitative estimate of drug-likeness (QED) is 0.675. The third-order valence-corrected chi connectivity index (χ3v) is 4.80. The second kappa shape index (κ2) is 5.77. The number of hydrogen-bond donors (Lipinski definition) is 0. The van der Waals surface area contributed by atoms with E-state index in [0.29, 0.717) is 5.88 Å². The zero-order chi connectivity index (χ0) is 15.0. The van der Waals surface area contributed by atoms with E-state index in [1.165, 1.54) is 0 Å². The van der Waals surface area contributed by atoms with Crippen LogP contribution in [-0.4, -0.2) is 24.3 Å². The van der Waals surface area contributed by atoms with E-state index in [-0.39, 0.29) is 6.04 Å². The first-order valence-corrected chi connectivity index (χ1v) is 8.46. The normalized spacial score (nSPS) is 13.1. The number of thiazole rings is 1. The van der Waals surface area contributed by atoms with Crippen molar-refractivity contribution in [1.82, 2.24) is 24.3 Å². The van der Waals surface area contributed by atoms with Gasteiger partial charge in [-0.05, 0) is 13.3 Å². The van der Waals surface area contributed by atoms with Gasteiger partial charge in [-0.1, -0.05) is 13.3 Å². The summed E-state index contributed by atoms with van der Waals surface area (Å²) in [5.74, 6) is 1.26. The first kappa shape index (κ1) is 14.5. The van der Waals surface area contributed by atoms with Crippen molar-refractivity contribution in [3.8, 4) is 0 Å².